The van der Waals surface area contributed by atoms with Gasteiger partial charge in [-0.1, -0.05) is 12.1 Å². The van der Waals surface area contributed by atoms with E-state index in [9.17, 15) is 18.0 Å². The van der Waals surface area contributed by atoms with Crippen LogP contribution in [0.2, 0.25) is 0 Å². The molecule has 0 spiro atoms. The molecule has 0 fully saturated rings. The summed E-state index contributed by atoms with van der Waals surface area (Å²) in [4.78, 5) is 11.7. The van der Waals surface area contributed by atoms with Gasteiger partial charge in [-0.25, -0.2) is 0 Å². The Kier molecular flexibility index (Phi) is 3.76. The van der Waals surface area contributed by atoms with Crippen LogP contribution in [0.15, 0.2) is 35.6 Å². The summed E-state index contributed by atoms with van der Waals surface area (Å²) in [6, 6.07) is 4.92. The summed E-state index contributed by atoms with van der Waals surface area (Å²) in [5, 5.41) is 17.7. The van der Waals surface area contributed by atoms with E-state index in [4.69, 9.17) is 10.4 Å². The summed E-state index contributed by atoms with van der Waals surface area (Å²) in [5.74, 6) is -1.28. The van der Waals surface area contributed by atoms with Crippen molar-refractivity contribution in [2.24, 2.45) is 0 Å². The number of allylic oxidation sites excluding steroid dienone is 2. The topological polar surface area (TPSA) is 61.1 Å². The molecule has 0 bridgehead atoms. The number of Topliss-reactive ketones (excluding diaryl/α,β-unsaturated/α-hetero) is 1. The van der Waals surface area contributed by atoms with Gasteiger partial charge >= 0.3 is 6.18 Å². The second-order valence-electron chi connectivity index (χ2n) is 3.48. The van der Waals surface area contributed by atoms with Gasteiger partial charge in [0.05, 0.1) is 5.56 Å². The number of rotatable bonds is 2. The third kappa shape index (κ3) is 2.88. The van der Waals surface area contributed by atoms with Crippen molar-refractivity contribution < 1.29 is 23.1 Å². The summed E-state index contributed by atoms with van der Waals surface area (Å²) in [5.41, 5.74) is -1.47. The SMILES string of the molecule is CC(O)=C(C#N)C(=O)c1ccc(C(F)(F)F)cc1. The molecule has 0 atom stereocenters. The van der Waals surface area contributed by atoms with E-state index in [1.165, 1.54) is 6.07 Å². The highest BCUT2D eigenvalue weighted by Gasteiger charge is 2.30. The van der Waals surface area contributed by atoms with Gasteiger partial charge in [-0.3, -0.25) is 4.79 Å². The normalized spacial score (nSPS) is 12.6. The molecule has 1 rings (SSSR count). The zero-order valence-corrected chi connectivity index (χ0v) is 9.25. The van der Waals surface area contributed by atoms with Crippen molar-refractivity contribution in [3.63, 3.8) is 0 Å². The summed E-state index contributed by atoms with van der Waals surface area (Å²) in [7, 11) is 0. The Labute approximate surface area is 101 Å². The van der Waals surface area contributed by atoms with Crippen LogP contribution >= 0.6 is 0 Å². The first-order valence-corrected chi connectivity index (χ1v) is 4.79. The number of benzene rings is 1. The second-order valence-corrected chi connectivity index (χ2v) is 3.48. The number of aliphatic hydroxyl groups is 1. The average Bonchev–Trinajstić information content (AvgIpc) is 2.28. The summed E-state index contributed by atoms with van der Waals surface area (Å²) < 4.78 is 36.9. The number of nitriles is 1. The predicted molar refractivity (Wildman–Crippen MR) is 56.7 cm³/mol. The van der Waals surface area contributed by atoms with Gasteiger partial charge in [-0.05, 0) is 19.1 Å². The minimum atomic E-state index is -4.48. The number of hydrogen-bond donors (Lipinski definition) is 1. The van der Waals surface area contributed by atoms with E-state index in [1.54, 1.807) is 0 Å². The highest BCUT2D eigenvalue weighted by molar-refractivity contribution is 6.11. The molecule has 1 aromatic rings. The first-order chi connectivity index (χ1) is 8.27. The number of ketones is 1. The van der Waals surface area contributed by atoms with Crippen LogP contribution in [-0.4, -0.2) is 10.9 Å². The fourth-order valence-electron chi connectivity index (χ4n) is 1.25. The van der Waals surface area contributed by atoms with E-state index in [0.29, 0.717) is 0 Å². The third-order valence-corrected chi connectivity index (χ3v) is 2.18. The fraction of sp³-hybridized carbons (Fsp3) is 0.167. The van der Waals surface area contributed by atoms with E-state index in [-0.39, 0.29) is 5.56 Å². The van der Waals surface area contributed by atoms with Crippen molar-refractivity contribution >= 4 is 5.78 Å². The van der Waals surface area contributed by atoms with Crippen LogP contribution in [-0.2, 0) is 6.18 Å². The van der Waals surface area contributed by atoms with Gasteiger partial charge in [0.1, 0.15) is 17.4 Å². The number of aliphatic hydroxyl groups excluding tert-OH is 1. The number of carbonyl (C=O) groups excluding carboxylic acids is 1. The second kappa shape index (κ2) is 4.92. The first-order valence-electron chi connectivity index (χ1n) is 4.79. The average molecular weight is 255 g/mol. The Balaban J connectivity index is 3.12. The van der Waals surface area contributed by atoms with Crippen molar-refractivity contribution in [2.45, 2.75) is 13.1 Å². The molecular weight excluding hydrogens is 247 g/mol. The maximum Gasteiger partial charge on any atom is 0.416 e. The Bertz CT molecular complexity index is 532. The molecule has 0 unspecified atom stereocenters. The van der Waals surface area contributed by atoms with Crippen LogP contribution < -0.4 is 0 Å². The molecule has 1 N–H and O–H groups in total. The fourth-order valence-corrected chi connectivity index (χ4v) is 1.25. The summed E-state index contributed by atoms with van der Waals surface area (Å²) in [6.45, 7) is 1.15. The molecule has 0 aliphatic carbocycles. The van der Waals surface area contributed by atoms with Crippen molar-refractivity contribution in [3.8, 4) is 6.07 Å². The molecule has 0 amide bonds. The smallest absolute Gasteiger partial charge is 0.416 e. The maximum absolute atomic E-state index is 12.3. The molecule has 0 saturated heterocycles. The molecule has 94 valence electrons. The minimum Gasteiger partial charge on any atom is -0.511 e. The molecule has 1 aromatic carbocycles. The number of alkyl halides is 3. The van der Waals surface area contributed by atoms with Gasteiger partial charge in [0.2, 0.25) is 5.78 Å². The van der Waals surface area contributed by atoms with Gasteiger partial charge in [-0.15, -0.1) is 0 Å². The van der Waals surface area contributed by atoms with Gasteiger partial charge < -0.3 is 5.11 Å². The molecule has 18 heavy (non-hydrogen) atoms. The van der Waals surface area contributed by atoms with Gasteiger partial charge in [0, 0.05) is 5.56 Å². The lowest BCUT2D eigenvalue weighted by Gasteiger charge is -2.07. The Morgan fingerprint density at radius 1 is 1.28 bits per heavy atom. The highest BCUT2D eigenvalue weighted by atomic mass is 19.4. The molecule has 6 heteroatoms. The van der Waals surface area contributed by atoms with Crippen LogP contribution in [0.25, 0.3) is 0 Å². The summed E-state index contributed by atoms with van der Waals surface area (Å²) in [6.07, 6.45) is -4.48. The molecule has 0 aromatic heterocycles. The minimum absolute atomic E-state index is 0.0899. The van der Waals surface area contributed by atoms with Crippen molar-refractivity contribution in [1.82, 2.24) is 0 Å². The Morgan fingerprint density at radius 3 is 2.11 bits per heavy atom. The van der Waals surface area contributed by atoms with E-state index >= 15 is 0 Å². The molecule has 0 saturated carbocycles. The molecular formula is C12H8F3NO2. The Hall–Kier alpha value is -2.29. The zero-order chi connectivity index (χ0) is 13.9. The van der Waals surface area contributed by atoms with Gasteiger partial charge in [0.25, 0.3) is 0 Å². The van der Waals surface area contributed by atoms with Crippen LogP contribution in [0.5, 0.6) is 0 Å². The molecule has 0 heterocycles. The largest absolute Gasteiger partial charge is 0.511 e. The van der Waals surface area contributed by atoms with Crippen LogP contribution in [0.4, 0.5) is 13.2 Å². The lowest BCUT2D eigenvalue weighted by molar-refractivity contribution is -0.137. The Morgan fingerprint density at radius 2 is 1.78 bits per heavy atom. The molecule has 0 radical (unpaired) electrons. The van der Waals surface area contributed by atoms with E-state index in [1.807, 2.05) is 0 Å². The number of hydrogen-bond acceptors (Lipinski definition) is 3. The lowest BCUT2D eigenvalue weighted by Crippen LogP contribution is -2.07. The van der Waals surface area contributed by atoms with E-state index in [2.05, 4.69) is 0 Å². The number of carbonyl (C=O) groups is 1. The van der Waals surface area contributed by atoms with Crippen molar-refractivity contribution in [3.05, 3.63) is 46.7 Å². The number of nitrogens with zero attached hydrogens (tertiary/aromatic N) is 1. The zero-order valence-electron chi connectivity index (χ0n) is 9.25. The molecule has 3 nitrogen and oxygen atoms in total. The highest BCUT2D eigenvalue weighted by Crippen LogP contribution is 2.29. The van der Waals surface area contributed by atoms with Gasteiger partial charge in [0.15, 0.2) is 0 Å². The monoisotopic (exact) mass is 255 g/mol. The van der Waals surface area contributed by atoms with Crippen LogP contribution in [0, 0.1) is 11.3 Å². The first kappa shape index (κ1) is 13.8. The van der Waals surface area contributed by atoms with Crippen molar-refractivity contribution in [2.75, 3.05) is 0 Å². The summed E-state index contributed by atoms with van der Waals surface area (Å²) >= 11 is 0. The van der Waals surface area contributed by atoms with Gasteiger partial charge in [-0.2, -0.15) is 18.4 Å². The third-order valence-electron chi connectivity index (χ3n) is 2.18. The van der Waals surface area contributed by atoms with E-state index in [0.717, 1.165) is 31.2 Å². The molecule has 0 aliphatic rings. The van der Waals surface area contributed by atoms with Crippen LogP contribution in [0.1, 0.15) is 22.8 Å². The van der Waals surface area contributed by atoms with Crippen LogP contribution in [0.3, 0.4) is 0 Å². The van der Waals surface area contributed by atoms with Crippen molar-refractivity contribution in [1.29, 1.82) is 5.26 Å². The van der Waals surface area contributed by atoms with E-state index < -0.39 is 28.9 Å². The maximum atomic E-state index is 12.3. The molecule has 0 aliphatic heterocycles. The number of halogens is 3. The standard InChI is InChI=1S/C12H8F3NO2/c1-7(17)10(6-16)11(18)8-2-4-9(5-3-8)12(13,14)15/h2-5,17H,1H3. The predicted octanol–water partition coefficient (Wildman–Crippen LogP) is 3.24. The quantitative estimate of drug-likeness (QED) is 0.382. The lowest BCUT2D eigenvalue weighted by atomic mass is 10.0.